The number of halogens is 1. The molecule has 2 aromatic rings. The highest BCUT2D eigenvalue weighted by atomic mass is 32.2. The number of ether oxygens (including phenoxy) is 1. The molecule has 3 atom stereocenters. The van der Waals surface area contributed by atoms with Crippen LogP contribution in [0, 0.1) is 11.7 Å². The topological polar surface area (TPSA) is 72.5 Å². The minimum atomic E-state index is -3.66. The number of hydrogen-bond acceptors (Lipinski definition) is 4. The molecular formula is C26H32FNO4S. The molecule has 2 fully saturated rings. The third kappa shape index (κ3) is 5.40. The van der Waals surface area contributed by atoms with Gasteiger partial charge in [-0.25, -0.2) is 12.8 Å². The molecule has 5 nitrogen and oxygen atoms in total. The first kappa shape index (κ1) is 23.7. The smallest absolute Gasteiger partial charge is 0.240 e. The van der Waals surface area contributed by atoms with Crippen LogP contribution in [0.4, 0.5) is 4.39 Å². The predicted molar refractivity (Wildman–Crippen MR) is 127 cm³/mol. The molecule has 2 aliphatic rings. The second-order valence-electron chi connectivity index (χ2n) is 9.70. The zero-order valence-corrected chi connectivity index (χ0v) is 20.3. The highest BCUT2D eigenvalue weighted by Gasteiger charge is 2.29. The Hall–Kier alpha value is -2.41. The fraction of sp³-hybridized carbons (Fsp3) is 0.500. The number of benzene rings is 2. The maximum atomic E-state index is 15.0. The average Bonchev–Trinajstić information content (AvgIpc) is 3.11. The van der Waals surface area contributed by atoms with Gasteiger partial charge in [0.15, 0.2) is 0 Å². The van der Waals surface area contributed by atoms with Crippen LogP contribution in [0.15, 0.2) is 36.4 Å². The zero-order valence-electron chi connectivity index (χ0n) is 19.4. The fourth-order valence-electron chi connectivity index (χ4n) is 4.88. The number of rotatable bonds is 7. The lowest BCUT2D eigenvalue weighted by molar-refractivity contribution is -0.120. The van der Waals surface area contributed by atoms with Crippen molar-refractivity contribution < 1.29 is 22.3 Å². The van der Waals surface area contributed by atoms with Gasteiger partial charge in [-0.3, -0.25) is 9.52 Å². The van der Waals surface area contributed by atoms with Gasteiger partial charge in [-0.1, -0.05) is 31.5 Å². The summed E-state index contributed by atoms with van der Waals surface area (Å²) < 4.78 is 46.6. The molecule has 178 valence electrons. The van der Waals surface area contributed by atoms with Gasteiger partial charge in [0.05, 0.1) is 18.3 Å². The quantitative estimate of drug-likeness (QED) is 0.576. The Balaban J connectivity index is 1.76. The van der Waals surface area contributed by atoms with Crippen molar-refractivity contribution in [2.45, 2.75) is 70.3 Å². The molecule has 0 spiro atoms. The monoisotopic (exact) mass is 473 g/mol. The summed E-state index contributed by atoms with van der Waals surface area (Å²) in [5.74, 6) is -0.0436. The molecule has 0 aliphatic heterocycles. The summed E-state index contributed by atoms with van der Waals surface area (Å²) in [4.78, 5) is 12.5. The molecule has 1 amide bonds. The lowest BCUT2D eigenvalue weighted by Crippen LogP contribution is -2.32. The van der Waals surface area contributed by atoms with Crippen LogP contribution in [0.25, 0.3) is 11.1 Å². The first-order valence-corrected chi connectivity index (χ1v) is 13.6. The predicted octanol–water partition coefficient (Wildman–Crippen LogP) is 5.51. The van der Waals surface area contributed by atoms with Crippen molar-refractivity contribution in [3.05, 3.63) is 53.3 Å². The molecule has 2 aromatic carbocycles. The SMILES string of the molecule is C[C@@H]1CC[C@@H](Oc2ccc([C@H](C)C(=O)NS(C)(=O)=O)cc2-c2cccc(F)c2C2CCC2)C1. The Morgan fingerprint density at radius 2 is 1.88 bits per heavy atom. The summed E-state index contributed by atoms with van der Waals surface area (Å²) in [5.41, 5.74) is 2.91. The van der Waals surface area contributed by atoms with Gasteiger partial charge in [-0.2, -0.15) is 0 Å². The van der Waals surface area contributed by atoms with Gasteiger partial charge in [-0.05, 0) is 85.8 Å². The second-order valence-corrected chi connectivity index (χ2v) is 11.5. The Morgan fingerprint density at radius 3 is 2.48 bits per heavy atom. The van der Waals surface area contributed by atoms with Crippen LogP contribution < -0.4 is 9.46 Å². The third-order valence-corrected chi connectivity index (χ3v) is 7.55. The van der Waals surface area contributed by atoms with Crippen LogP contribution in [0.2, 0.25) is 0 Å². The van der Waals surface area contributed by atoms with E-state index in [9.17, 15) is 17.6 Å². The van der Waals surface area contributed by atoms with Gasteiger partial charge in [0.25, 0.3) is 0 Å². The molecule has 0 unspecified atom stereocenters. The van der Waals surface area contributed by atoms with Crippen molar-refractivity contribution in [1.29, 1.82) is 0 Å². The van der Waals surface area contributed by atoms with Gasteiger partial charge in [-0.15, -0.1) is 0 Å². The van der Waals surface area contributed by atoms with E-state index in [4.69, 9.17) is 4.74 Å². The molecule has 1 N–H and O–H groups in total. The van der Waals surface area contributed by atoms with Crippen molar-refractivity contribution in [3.8, 4) is 16.9 Å². The Labute approximate surface area is 195 Å². The number of hydrogen-bond donors (Lipinski definition) is 1. The van der Waals surface area contributed by atoms with Gasteiger partial charge in [0.1, 0.15) is 11.6 Å². The minimum Gasteiger partial charge on any atom is -0.490 e. The summed E-state index contributed by atoms with van der Waals surface area (Å²) in [7, 11) is -3.66. The third-order valence-electron chi connectivity index (χ3n) is 6.98. The number of amides is 1. The van der Waals surface area contributed by atoms with E-state index in [-0.39, 0.29) is 17.8 Å². The summed E-state index contributed by atoms with van der Waals surface area (Å²) in [5, 5.41) is 0. The maximum absolute atomic E-state index is 15.0. The fourth-order valence-corrected chi connectivity index (χ4v) is 5.42. The highest BCUT2D eigenvalue weighted by Crippen LogP contribution is 2.45. The average molecular weight is 474 g/mol. The molecule has 2 saturated carbocycles. The van der Waals surface area contributed by atoms with E-state index >= 15 is 0 Å². The van der Waals surface area contributed by atoms with E-state index in [1.807, 2.05) is 18.2 Å². The highest BCUT2D eigenvalue weighted by molar-refractivity contribution is 7.89. The number of carbonyl (C=O) groups excluding carboxylic acids is 1. The maximum Gasteiger partial charge on any atom is 0.240 e. The van der Waals surface area contributed by atoms with Crippen molar-refractivity contribution in [2.24, 2.45) is 5.92 Å². The van der Waals surface area contributed by atoms with Crippen molar-refractivity contribution in [2.75, 3.05) is 6.26 Å². The molecule has 7 heteroatoms. The largest absolute Gasteiger partial charge is 0.490 e. The van der Waals surface area contributed by atoms with Crippen LogP contribution in [-0.4, -0.2) is 26.7 Å². The molecule has 4 rings (SSSR count). The molecule has 0 bridgehead atoms. The van der Waals surface area contributed by atoms with E-state index in [1.165, 1.54) is 6.07 Å². The minimum absolute atomic E-state index is 0.108. The van der Waals surface area contributed by atoms with Crippen LogP contribution in [-0.2, 0) is 14.8 Å². The second kappa shape index (κ2) is 9.45. The molecule has 33 heavy (non-hydrogen) atoms. The summed E-state index contributed by atoms with van der Waals surface area (Å²) >= 11 is 0. The number of sulfonamides is 1. The van der Waals surface area contributed by atoms with E-state index in [2.05, 4.69) is 11.6 Å². The van der Waals surface area contributed by atoms with Gasteiger partial charge in [0.2, 0.25) is 15.9 Å². The Morgan fingerprint density at radius 1 is 1.12 bits per heavy atom. The zero-order chi connectivity index (χ0) is 23.8. The van der Waals surface area contributed by atoms with Crippen molar-refractivity contribution in [1.82, 2.24) is 4.72 Å². The molecular weight excluding hydrogens is 441 g/mol. The van der Waals surface area contributed by atoms with Crippen LogP contribution >= 0.6 is 0 Å². The standard InChI is InChI=1S/C26H32FNO4S/c1-16-10-12-20(14-16)32-24-13-11-19(17(2)26(29)28-33(3,30)31)15-22(24)21-8-5-9-23(27)25(21)18-6-4-7-18/h5,8-9,11,13,15-18,20H,4,6-7,10,12,14H2,1-3H3,(H,28,29)/t16-,17+,20-/m1/s1. The normalized spacial score (nSPS) is 21.9. The molecule has 0 aromatic heterocycles. The van der Waals surface area contributed by atoms with Crippen molar-refractivity contribution in [3.63, 3.8) is 0 Å². The van der Waals surface area contributed by atoms with Crippen LogP contribution in [0.3, 0.4) is 0 Å². The van der Waals surface area contributed by atoms with Crippen LogP contribution in [0.1, 0.15) is 75.3 Å². The first-order valence-electron chi connectivity index (χ1n) is 11.7. The van der Waals surface area contributed by atoms with Gasteiger partial charge < -0.3 is 4.74 Å². The van der Waals surface area contributed by atoms with Crippen molar-refractivity contribution >= 4 is 15.9 Å². The number of carbonyl (C=O) groups is 1. The molecule has 2 aliphatic carbocycles. The summed E-state index contributed by atoms with van der Waals surface area (Å²) in [6, 6.07) is 10.6. The molecule has 0 radical (unpaired) electrons. The summed E-state index contributed by atoms with van der Waals surface area (Å²) in [6.07, 6.45) is 7.14. The van der Waals surface area contributed by atoms with Crippen LogP contribution in [0.5, 0.6) is 5.75 Å². The molecule has 0 saturated heterocycles. The Kier molecular flexibility index (Phi) is 6.80. The van der Waals surface area contributed by atoms with Gasteiger partial charge >= 0.3 is 0 Å². The lowest BCUT2D eigenvalue weighted by atomic mass is 9.76. The van der Waals surface area contributed by atoms with Gasteiger partial charge in [0, 0.05) is 5.56 Å². The van der Waals surface area contributed by atoms with E-state index < -0.39 is 21.8 Å². The molecule has 0 heterocycles. The van der Waals surface area contributed by atoms with E-state index in [0.29, 0.717) is 22.8 Å². The van der Waals surface area contributed by atoms with E-state index in [0.717, 1.165) is 55.9 Å². The lowest BCUT2D eigenvalue weighted by Gasteiger charge is -2.29. The van der Waals surface area contributed by atoms with E-state index in [1.54, 1.807) is 19.1 Å². The number of nitrogens with one attached hydrogen (secondary N) is 1. The Bertz CT molecular complexity index is 1140. The first-order chi connectivity index (χ1) is 15.6. The summed E-state index contributed by atoms with van der Waals surface area (Å²) in [6.45, 7) is 3.88.